The van der Waals surface area contributed by atoms with Gasteiger partial charge in [-0.25, -0.2) is 0 Å². The van der Waals surface area contributed by atoms with E-state index >= 15 is 0 Å². The molecule has 2 aromatic rings. The topological polar surface area (TPSA) is 56.7 Å². The largest absolute Gasteiger partial charge is 0.324 e. The molecule has 96 valence electrons. The number of aromatic nitrogens is 3. The maximum atomic E-state index is 6.20. The highest BCUT2D eigenvalue weighted by Gasteiger charge is 2.17. The number of hydrogen-bond acceptors (Lipinski definition) is 3. The molecular weight excluding hydrogens is 271 g/mol. The van der Waals surface area contributed by atoms with Gasteiger partial charge in [0.2, 0.25) is 0 Å². The number of benzene rings is 1. The Hall–Kier alpha value is -1.10. The van der Waals surface area contributed by atoms with Gasteiger partial charge < -0.3 is 10.3 Å². The second-order valence-electron chi connectivity index (χ2n) is 4.23. The van der Waals surface area contributed by atoms with E-state index in [0.717, 1.165) is 11.4 Å². The van der Waals surface area contributed by atoms with Crippen LogP contribution in [0.2, 0.25) is 10.0 Å². The molecular formula is C12H14Cl2N4. The molecule has 2 N–H and O–H groups in total. The summed E-state index contributed by atoms with van der Waals surface area (Å²) in [6.07, 6.45) is 0. The van der Waals surface area contributed by atoms with Crippen molar-refractivity contribution in [1.29, 1.82) is 0 Å². The minimum Gasteiger partial charge on any atom is -0.324 e. The zero-order valence-corrected chi connectivity index (χ0v) is 11.7. The van der Waals surface area contributed by atoms with Gasteiger partial charge in [-0.3, -0.25) is 0 Å². The summed E-state index contributed by atoms with van der Waals surface area (Å²) < 4.78 is 1.98. The molecule has 0 atom stereocenters. The molecule has 4 nitrogen and oxygen atoms in total. The summed E-state index contributed by atoms with van der Waals surface area (Å²) in [7, 11) is 0. The third kappa shape index (κ3) is 2.36. The summed E-state index contributed by atoms with van der Waals surface area (Å²) >= 11 is 12.1. The first-order valence-electron chi connectivity index (χ1n) is 5.64. The van der Waals surface area contributed by atoms with Crippen LogP contribution in [0.25, 0.3) is 11.4 Å². The molecule has 0 aliphatic heterocycles. The Bertz CT molecular complexity index is 563. The first-order valence-corrected chi connectivity index (χ1v) is 6.39. The van der Waals surface area contributed by atoms with Gasteiger partial charge in [0, 0.05) is 16.6 Å². The van der Waals surface area contributed by atoms with E-state index < -0.39 is 0 Å². The fourth-order valence-electron chi connectivity index (χ4n) is 1.86. The zero-order chi connectivity index (χ0) is 13.3. The summed E-state index contributed by atoms with van der Waals surface area (Å²) in [5.74, 6) is 1.46. The van der Waals surface area contributed by atoms with Crippen LogP contribution < -0.4 is 5.73 Å². The molecule has 6 heteroatoms. The third-order valence-corrected chi connectivity index (χ3v) is 3.19. The van der Waals surface area contributed by atoms with Crippen LogP contribution in [-0.4, -0.2) is 14.8 Å². The van der Waals surface area contributed by atoms with Gasteiger partial charge in [0.05, 0.1) is 11.6 Å². The van der Waals surface area contributed by atoms with Gasteiger partial charge in [0.15, 0.2) is 5.82 Å². The minimum absolute atomic E-state index is 0.209. The molecule has 0 amide bonds. The molecule has 0 aliphatic rings. The van der Waals surface area contributed by atoms with Crippen molar-refractivity contribution in [3.05, 3.63) is 34.1 Å². The van der Waals surface area contributed by atoms with Crippen molar-refractivity contribution in [2.45, 2.75) is 26.4 Å². The van der Waals surface area contributed by atoms with Gasteiger partial charge in [-0.2, -0.15) is 0 Å². The van der Waals surface area contributed by atoms with Crippen molar-refractivity contribution in [2.24, 2.45) is 5.73 Å². The number of rotatable bonds is 3. The van der Waals surface area contributed by atoms with E-state index in [2.05, 4.69) is 24.0 Å². The predicted molar refractivity (Wildman–Crippen MR) is 73.8 cm³/mol. The predicted octanol–water partition coefficient (Wildman–Crippen LogP) is 3.29. The fraction of sp³-hybridized carbons (Fsp3) is 0.333. The Morgan fingerprint density at radius 3 is 2.56 bits per heavy atom. The number of halogens is 2. The van der Waals surface area contributed by atoms with E-state index in [1.807, 2.05) is 10.6 Å². The molecule has 0 bridgehead atoms. The zero-order valence-electron chi connectivity index (χ0n) is 10.2. The first kappa shape index (κ1) is 13.3. The van der Waals surface area contributed by atoms with Gasteiger partial charge in [-0.15, -0.1) is 10.2 Å². The van der Waals surface area contributed by atoms with E-state index in [9.17, 15) is 0 Å². The lowest BCUT2D eigenvalue weighted by Gasteiger charge is -2.14. The molecule has 1 aromatic heterocycles. The van der Waals surface area contributed by atoms with Crippen molar-refractivity contribution < 1.29 is 0 Å². The van der Waals surface area contributed by atoms with Gasteiger partial charge >= 0.3 is 0 Å². The van der Waals surface area contributed by atoms with E-state index in [0.29, 0.717) is 22.4 Å². The molecule has 0 fully saturated rings. The molecule has 0 radical (unpaired) electrons. The Morgan fingerprint density at radius 1 is 1.28 bits per heavy atom. The summed E-state index contributed by atoms with van der Waals surface area (Å²) in [6.45, 7) is 4.45. The van der Waals surface area contributed by atoms with Crippen molar-refractivity contribution in [2.75, 3.05) is 0 Å². The summed E-state index contributed by atoms with van der Waals surface area (Å²) in [6, 6.07) is 5.53. The normalized spacial score (nSPS) is 11.2. The average molecular weight is 285 g/mol. The van der Waals surface area contributed by atoms with Gasteiger partial charge in [-0.1, -0.05) is 23.2 Å². The van der Waals surface area contributed by atoms with E-state index in [1.165, 1.54) is 0 Å². The van der Waals surface area contributed by atoms with Crippen LogP contribution in [0, 0.1) is 0 Å². The Morgan fingerprint density at radius 2 is 2.00 bits per heavy atom. The maximum Gasteiger partial charge on any atom is 0.165 e. The number of hydrogen-bond donors (Lipinski definition) is 1. The summed E-state index contributed by atoms with van der Waals surface area (Å²) in [5.41, 5.74) is 6.47. The lowest BCUT2D eigenvalue weighted by Crippen LogP contribution is -2.11. The highest BCUT2D eigenvalue weighted by Crippen LogP contribution is 2.31. The van der Waals surface area contributed by atoms with Crippen molar-refractivity contribution in [3.63, 3.8) is 0 Å². The van der Waals surface area contributed by atoms with Crippen molar-refractivity contribution in [3.8, 4) is 11.4 Å². The van der Waals surface area contributed by atoms with Crippen LogP contribution in [0.15, 0.2) is 18.2 Å². The van der Waals surface area contributed by atoms with Crippen molar-refractivity contribution in [1.82, 2.24) is 14.8 Å². The molecule has 18 heavy (non-hydrogen) atoms. The highest BCUT2D eigenvalue weighted by molar-refractivity contribution is 6.36. The van der Waals surface area contributed by atoms with Crippen LogP contribution in [0.1, 0.15) is 25.7 Å². The summed E-state index contributed by atoms with van der Waals surface area (Å²) in [4.78, 5) is 0. The SMILES string of the molecule is CC(C)n1c(CN)nnc1-c1ccc(Cl)cc1Cl. The molecule has 0 unspecified atom stereocenters. The van der Waals surface area contributed by atoms with Crippen LogP contribution in [0.4, 0.5) is 0 Å². The lowest BCUT2D eigenvalue weighted by molar-refractivity contribution is 0.574. The standard InChI is InChI=1S/C12H14Cl2N4/c1-7(2)18-11(6-15)16-17-12(18)9-4-3-8(13)5-10(9)14/h3-5,7H,6,15H2,1-2H3. The highest BCUT2D eigenvalue weighted by atomic mass is 35.5. The first-order chi connectivity index (χ1) is 8.54. The molecule has 2 rings (SSSR count). The lowest BCUT2D eigenvalue weighted by atomic mass is 10.2. The number of nitrogens with zero attached hydrogens (tertiary/aromatic N) is 3. The summed E-state index contributed by atoms with van der Waals surface area (Å²) in [5, 5.41) is 9.42. The molecule has 0 spiro atoms. The molecule has 1 heterocycles. The number of nitrogens with two attached hydrogens (primary N) is 1. The Kier molecular flexibility index (Phi) is 3.90. The molecule has 0 saturated heterocycles. The molecule has 0 aliphatic carbocycles. The van der Waals surface area contributed by atoms with Gasteiger partial charge in [-0.05, 0) is 32.0 Å². The maximum absolute atomic E-state index is 6.20. The Labute approximate surface area is 116 Å². The second-order valence-corrected chi connectivity index (χ2v) is 5.08. The molecule has 0 saturated carbocycles. The van der Waals surface area contributed by atoms with Crippen LogP contribution in [-0.2, 0) is 6.54 Å². The van der Waals surface area contributed by atoms with E-state index in [1.54, 1.807) is 12.1 Å². The fourth-order valence-corrected chi connectivity index (χ4v) is 2.35. The van der Waals surface area contributed by atoms with Crippen LogP contribution in [0.5, 0.6) is 0 Å². The van der Waals surface area contributed by atoms with Crippen molar-refractivity contribution >= 4 is 23.2 Å². The van der Waals surface area contributed by atoms with Crippen LogP contribution >= 0.6 is 23.2 Å². The molecule has 1 aromatic carbocycles. The van der Waals surface area contributed by atoms with E-state index in [-0.39, 0.29) is 6.04 Å². The Balaban J connectivity index is 2.60. The minimum atomic E-state index is 0.209. The third-order valence-electron chi connectivity index (χ3n) is 2.64. The van der Waals surface area contributed by atoms with E-state index in [4.69, 9.17) is 28.9 Å². The van der Waals surface area contributed by atoms with Crippen LogP contribution in [0.3, 0.4) is 0 Å². The smallest absolute Gasteiger partial charge is 0.165 e. The monoisotopic (exact) mass is 284 g/mol. The van der Waals surface area contributed by atoms with Gasteiger partial charge in [0.1, 0.15) is 5.82 Å². The quantitative estimate of drug-likeness (QED) is 0.941. The second kappa shape index (κ2) is 5.26. The average Bonchev–Trinajstić information content (AvgIpc) is 2.72. The van der Waals surface area contributed by atoms with Gasteiger partial charge in [0.25, 0.3) is 0 Å².